The molecule has 3 aliphatic carbocycles. The van der Waals surface area contributed by atoms with Gasteiger partial charge in [0.15, 0.2) is 0 Å². The zero-order valence-corrected chi connectivity index (χ0v) is 22.1. The molecule has 0 spiro atoms. The van der Waals surface area contributed by atoms with Crippen LogP contribution in [0.1, 0.15) is 86.0 Å². The number of aliphatic hydroxyl groups is 2. The van der Waals surface area contributed by atoms with E-state index in [-0.39, 0.29) is 17.3 Å². The molecule has 7 heteroatoms. The van der Waals surface area contributed by atoms with E-state index in [1.165, 1.54) is 26.3 Å². The van der Waals surface area contributed by atoms with Crippen molar-refractivity contribution in [2.24, 2.45) is 23.2 Å². The van der Waals surface area contributed by atoms with Crippen LogP contribution in [0.25, 0.3) is 0 Å². The molecule has 34 heavy (non-hydrogen) atoms. The Bertz CT molecular complexity index is 960. The molecule has 0 radical (unpaired) electrons. The van der Waals surface area contributed by atoms with E-state index >= 15 is 0 Å². The molecule has 0 aromatic carbocycles. The van der Waals surface area contributed by atoms with Crippen LogP contribution >= 0.6 is 0 Å². The van der Waals surface area contributed by atoms with E-state index in [0.717, 1.165) is 37.7 Å². The first kappa shape index (κ1) is 27.5. The molecule has 3 aliphatic rings. The monoisotopic (exact) mass is 500 g/mol. The van der Waals surface area contributed by atoms with Crippen molar-refractivity contribution in [2.75, 3.05) is 0 Å². The van der Waals surface area contributed by atoms with Gasteiger partial charge in [0.05, 0.1) is 17.0 Å². The van der Waals surface area contributed by atoms with E-state index in [9.17, 15) is 27.4 Å². The van der Waals surface area contributed by atoms with Gasteiger partial charge < -0.3 is 10.2 Å². The summed E-state index contributed by atoms with van der Waals surface area (Å²) in [5.74, 6) is -0.114. The van der Waals surface area contributed by atoms with Crippen molar-refractivity contribution in [1.29, 1.82) is 0 Å². The van der Waals surface area contributed by atoms with Crippen molar-refractivity contribution in [3.63, 3.8) is 0 Å². The summed E-state index contributed by atoms with van der Waals surface area (Å²) >= 11 is 0. The highest BCUT2D eigenvalue weighted by molar-refractivity contribution is 7.93. The fraction of sp³-hybridized carbons (Fsp3) is 0.778. The second-order valence-electron chi connectivity index (χ2n) is 12.1. The summed E-state index contributed by atoms with van der Waals surface area (Å²) in [4.78, 5) is 0. The van der Waals surface area contributed by atoms with Crippen molar-refractivity contribution in [1.82, 2.24) is 0 Å². The number of rotatable bonds is 5. The van der Waals surface area contributed by atoms with E-state index in [0.29, 0.717) is 18.4 Å². The van der Waals surface area contributed by atoms with Crippen LogP contribution in [0.5, 0.6) is 0 Å². The number of halogens is 2. The predicted octanol–water partition coefficient (Wildman–Crippen LogP) is 5.96. The van der Waals surface area contributed by atoms with Gasteiger partial charge in [0.2, 0.25) is 9.84 Å². The molecule has 0 amide bonds. The maximum absolute atomic E-state index is 15.0. The predicted molar refractivity (Wildman–Crippen MR) is 132 cm³/mol. The molecule has 0 unspecified atom stereocenters. The van der Waals surface area contributed by atoms with E-state index < -0.39 is 44.4 Å². The van der Waals surface area contributed by atoms with Crippen LogP contribution in [-0.2, 0) is 9.84 Å². The minimum absolute atomic E-state index is 0.0307. The second kappa shape index (κ2) is 9.44. The molecule has 0 heterocycles. The lowest BCUT2D eigenvalue weighted by Gasteiger charge is -2.45. The van der Waals surface area contributed by atoms with Crippen molar-refractivity contribution in [3.8, 4) is 0 Å². The second-order valence-corrected chi connectivity index (χ2v) is 14.9. The summed E-state index contributed by atoms with van der Waals surface area (Å²) in [6.45, 7) is 12.0. The number of aliphatic hydroxyl groups excluding tert-OH is 2. The molecule has 194 valence electrons. The standard InChI is InChI=1S/C27H42F2O4S/c1-17(16-27(28,29)34(32,33)25(3,4)5)22-11-12-23-19(8-7-13-26(22,23)6)9-10-20-14-21(30)15-24(31)18(20)2/h9-10,17,21-24,30-31H,2,7-8,11-16H2,1,3-6H3/b19-9+,20-10-/t17-,21-,22-,23+,24+,26-/m1/s1. The lowest BCUT2D eigenvalue weighted by atomic mass is 9.61. The zero-order valence-electron chi connectivity index (χ0n) is 21.3. The molecule has 0 aromatic rings. The van der Waals surface area contributed by atoms with Crippen LogP contribution in [0, 0.1) is 23.2 Å². The molecule has 4 nitrogen and oxygen atoms in total. The molecule has 0 aromatic heterocycles. The van der Waals surface area contributed by atoms with Crippen LogP contribution in [0.15, 0.2) is 35.5 Å². The number of fused-ring (bicyclic) bond motifs is 1. The van der Waals surface area contributed by atoms with Crippen molar-refractivity contribution in [3.05, 3.63) is 35.5 Å². The fourth-order valence-electron chi connectivity index (χ4n) is 6.75. The van der Waals surface area contributed by atoms with Crippen LogP contribution < -0.4 is 0 Å². The maximum Gasteiger partial charge on any atom is 0.346 e. The highest BCUT2D eigenvalue weighted by Crippen LogP contribution is 2.60. The molecule has 6 atom stereocenters. The van der Waals surface area contributed by atoms with Gasteiger partial charge in [-0.15, -0.1) is 0 Å². The quantitative estimate of drug-likeness (QED) is 0.488. The Morgan fingerprint density at radius 2 is 1.85 bits per heavy atom. The first-order chi connectivity index (χ1) is 15.5. The summed E-state index contributed by atoms with van der Waals surface area (Å²) in [6, 6.07) is 0. The first-order valence-corrected chi connectivity index (χ1v) is 14.1. The average molecular weight is 501 g/mol. The van der Waals surface area contributed by atoms with Crippen LogP contribution in [0.4, 0.5) is 8.78 Å². The van der Waals surface area contributed by atoms with E-state index in [1.807, 2.05) is 6.08 Å². The summed E-state index contributed by atoms with van der Waals surface area (Å²) < 4.78 is 53.6. The Morgan fingerprint density at radius 1 is 1.21 bits per heavy atom. The summed E-state index contributed by atoms with van der Waals surface area (Å²) in [7, 11) is -4.60. The Hall–Kier alpha value is -1.05. The van der Waals surface area contributed by atoms with Gasteiger partial charge in [-0.25, -0.2) is 8.42 Å². The number of hydrogen-bond acceptors (Lipinski definition) is 4. The topological polar surface area (TPSA) is 74.6 Å². The van der Waals surface area contributed by atoms with E-state index in [2.05, 4.69) is 19.6 Å². The maximum atomic E-state index is 15.0. The van der Waals surface area contributed by atoms with E-state index in [1.54, 1.807) is 6.92 Å². The van der Waals surface area contributed by atoms with Gasteiger partial charge in [0.1, 0.15) is 0 Å². The van der Waals surface area contributed by atoms with E-state index in [4.69, 9.17) is 0 Å². The third kappa shape index (κ3) is 4.94. The van der Waals surface area contributed by atoms with Crippen molar-refractivity contribution in [2.45, 2.75) is 108 Å². The smallest absolute Gasteiger partial charge is 0.346 e. The number of allylic oxidation sites excluding steroid dienone is 3. The normalized spacial score (nSPS) is 36.7. The lowest BCUT2D eigenvalue weighted by Crippen LogP contribution is -2.44. The average Bonchev–Trinajstić information content (AvgIpc) is 3.06. The summed E-state index contributed by atoms with van der Waals surface area (Å²) in [5, 5.41) is 16.4. The highest BCUT2D eigenvalue weighted by atomic mass is 32.2. The Balaban J connectivity index is 1.81. The Morgan fingerprint density at radius 3 is 2.47 bits per heavy atom. The van der Waals surface area contributed by atoms with Crippen LogP contribution in [0.3, 0.4) is 0 Å². The molecule has 3 fully saturated rings. The largest absolute Gasteiger partial charge is 0.393 e. The van der Waals surface area contributed by atoms with Gasteiger partial charge in [-0.05, 0) is 93.6 Å². The molecule has 3 saturated carbocycles. The molecular weight excluding hydrogens is 458 g/mol. The minimum atomic E-state index is -4.60. The molecule has 0 saturated heterocycles. The van der Waals surface area contributed by atoms with Gasteiger partial charge >= 0.3 is 5.25 Å². The summed E-state index contributed by atoms with van der Waals surface area (Å²) in [5.41, 5.74) is 2.65. The van der Waals surface area contributed by atoms with Gasteiger partial charge in [-0.1, -0.05) is 38.2 Å². The number of hydrogen-bond donors (Lipinski definition) is 2. The molecule has 3 rings (SSSR count). The highest BCUT2D eigenvalue weighted by Gasteiger charge is 2.56. The lowest BCUT2D eigenvalue weighted by molar-refractivity contribution is 0.0238. The minimum Gasteiger partial charge on any atom is -0.393 e. The molecule has 0 bridgehead atoms. The first-order valence-electron chi connectivity index (χ1n) is 12.6. The number of alkyl halides is 2. The molecule has 0 aliphatic heterocycles. The zero-order chi connectivity index (χ0) is 25.7. The Kier molecular flexibility index (Phi) is 7.64. The summed E-state index contributed by atoms with van der Waals surface area (Å²) in [6.07, 6.45) is 7.47. The van der Waals surface area contributed by atoms with Crippen LogP contribution in [-0.4, -0.2) is 40.8 Å². The third-order valence-electron chi connectivity index (χ3n) is 8.75. The van der Waals surface area contributed by atoms with Crippen LogP contribution in [0.2, 0.25) is 0 Å². The van der Waals surface area contributed by atoms with Gasteiger partial charge in [0.25, 0.3) is 0 Å². The van der Waals surface area contributed by atoms with Gasteiger partial charge in [0, 0.05) is 12.8 Å². The van der Waals surface area contributed by atoms with Gasteiger partial charge in [-0.2, -0.15) is 8.78 Å². The Labute approximate surface area is 204 Å². The molecular formula is C27H42F2O4S. The van der Waals surface area contributed by atoms with Crippen molar-refractivity contribution >= 4 is 9.84 Å². The molecule has 2 N–H and O–H groups in total. The number of sulfone groups is 1. The SMILES string of the molecule is C=C1/C(=C\C=C2/CCC[C@]3(C)[C@@H]([C@H](C)CC(F)(F)S(=O)(=O)C(C)(C)C)CC[C@@H]23)C[C@@H](O)C[C@@H]1O. The van der Waals surface area contributed by atoms with Crippen molar-refractivity contribution < 1.29 is 27.4 Å². The fourth-order valence-corrected chi connectivity index (χ4v) is 8.13. The van der Waals surface area contributed by atoms with Gasteiger partial charge in [-0.3, -0.25) is 0 Å². The third-order valence-corrected chi connectivity index (χ3v) is 11.3.